The Bertz CT molecular complexity index is 351. The van der Waals surface area contributed by atoms with Gasteiger partial charge in [-0.15, -0.1) is 18.3 Å². The summed E-state index contributed by atoms with van der Waals surface area (Å²) in [6.45, 7) is 7.70. The molecule has 0 amide bonds. The lowest BCUT2D eigenvalue weighted by Crippen LogP contribution is -2.01. The van der Waals surface area contributed by atoms with E-state index in [2.05, 4.69) is 25.4 Å². The van der Waals surface area contributed by atoms with Crippen LogP contribution in [0.1, 0.15) is 51.5 Å². The molecule has 20 heavy (non-hydrogen) atoms. The molecule has 0 radical (unpaired) electrons. The first-order valence-corrected chi connectivity index (χ1v) is 8.49. The van der Waals surface area contributed by atoms with E-state index in [0.29, 0.717) is 11.5 Å². The summed E-state index contributed by atoms with van der Waals surface area (Å²) in [5.41, 5.74) is 1.24. The summed E-state index contributed by atoms with van der Waals surface area (Å²) in [4.78, 5) is 15.4. The maximum atomic E-state index is 11.5. The molecule has 1 heterocycles. The number of unbranched alkanes of at least 4 members (excludes halogenated alkanes) is 2. The van der Waals surface area contributed by atoms with Crippen molar-refractivity contribution in [2.75, 3.05) is 5.75 Å². The van der Waals surface area contributed by atoms with Crippen LogP contribution in [0.3, 0.4) is 0 Å². The van der Waals surface area contributed by atoms with E-state index in [-0.39, 0.29) is 0 Å². The lowest BCUT2D eigenvalue weighted by molar-refractivity contribution is -0.116. The van der Waals surface area contributed by atoms with E-state index in [0.717, 1.165) is 25.0 Å². The summed E-state index contributed by atoms with van der Waals surface area (Å²) in [6.07, 6.45) is 10.7. The number of carbonyl (C=O) groups is 1. The Morgan fingerprint density at radius 2 is 1.95 bits per heavy atom. The Labute approximate surface area is 128 Å². The van der Waals surface area contributed by atoms with E-state index in [1.54, 1.807) is 24.2 Å². The maximum Gasteiger partial charge on any atom is 0.142 e. The summed E-state index contributed by atoms with van der Waals surface area (Å²) in [5, 5.41) is 0. The molecule has 2 nitrogen and oxygen atoms in total. The van der Waals surface area contributed by atoms with Crippen LogP contribution in [-0.4, -0.2) is 16.5 Å². The highest BCUT2D eigenvalue weighted by molar-refractivity contribution is 7.99. The predicted octanol–water partition coefficient (Wildman–Crippen LogP) is 5.05. The molecule has 0 aliphatic heterocycles. The third kappa shape index (κ3) is 12.0. The average Bonchev–Trinajstić information content (AvgIpc) is 2.49. The molecule has 0 bridgehead atoms. The normalized spacial score (nSPS) is 9.50. The molecule has 0 saturated heterocycles. The summed E-state index contributed by atoms with van der Waals surface area (Å²) < 4.78 is 0. The van der Waals surface area contributed by atoms with Gasteiger partial charge in [0.05, 0.1) is 5.75 Å². The minimum Gasteiger partial charge on any atom is -0.299 e. The van der Waals surface area contributed by atoms with Crippen molar-refractivity contribution in [1.29, 1.82) is 0 Å². The van der Waals surface area contributed by atoms with Crippen molar-refractivity contribution in [3.05, 3.63) is 42.7 Å². The molecule has 0 aromatic carbocycles. The summed E-state index contributed by atoms with van der Waals surface area (Å²) in [5.74, 6) is 1.93. The predicted molar refractivity (Wildman–Crippen MR) is 90.0 cm³/mol. The van der Waals surface area contributed by atoms with Gasteiger partial charge in [-0.3, -0.25) is 9.78 Å². The number of carbonyl (C=O) groups excluding carboxylic acids is 1. The summed E-state index contributed by atoms with van der Waals surface area (Å²) >= 11 is 1.70. The number of hydrogen-bond acceptors (Lipinski definition) is 3. The molecule has 0 saturated carbocycles. The number of hydrogen-bond donors (Lipinski definition) is 0. The fourth-order valence-corrected chi connectivity index (χ4v) is 2.31. The third-order valence-corrected chi connectivity index (χ3v) is 3.69. The Hall–Kier alpha value is -1.09. The van der Waals surface area contributed by atoms with Crippen LogP contribution >= 0.6 is 11.8 Å². The van der Waals surface area contributed by atoms with Crippen LogP contribution in [0.25, 0.3) is 0 Å². The van der Waals surface area contributed by atoms with Gasteiger partial charge >= 0.3 is 0 Å². The summed E-state index contributed by atoms with van der Waals surface area (Å²) in [6, 6.07) is 3.99. The topological polar surface area (TPSA) is 30.0 Å². The Morgan fingerprint density at radius 1 is 1.30 bits per heavy atom. The van der Waals surface area contributed by atoms with Crippen LogP contribution in [0, 0.1) is 0 Å². The minimum absolute atomic E-state index is 0.382. The van der Waals surface area contributed by atoms with Gasteiger partial charge in [0.25, 0.3) is 0 Å². The van der Waals surface area contributed by atoms with Gasteiger partial charge in [-0.2, -0.15) is 0 Å². The van der Waals surface area contributed by atoms with E-state index >= 15 is 0 Å². The fraction of sp³-hybridized carbons (Fsp3) is 0.529. The van der Waals surface area contributed by atoms with E-state index in [1.165, 1.54) is 18.4 Å². The molecule has 0 unspecified atom stereocenters. The molecular formula is C17H27NOS. The number of aromatic nitrogens is 1. The van der Waals surface area contributed by atoms with Crippen molar-refractivity contribution in [2.45, 2.75) is 51.7 Å². The monoisotopic (exact) mass is 293 g/mol. The van der Waals surface area contributed by atoms with Gasteiger partial charge < -0.3 is 0 Å². The van der Waals surface area contributed by atoms with Crippen molar-refractivity contribution in [3.63, 3.8) is 0 Å². The first-order valence-electron chi connectivity index (χ1n) is 7.33. The van der Waals surface area contributed by atoms with Gasteiger partial charge in [0.1, 0.15) is 5.78 Å². The van der Waals surface area contributed by atoms with Crippen LogP contribution in [0.2, 0.25) is 0 Å². The minimum atomic E-state index is 0.382. The Balaban J connectivity index is 0.000000796. The van der Waals surface area contributed by atoms with Crippen LogP contribution in [0.4, 0.5) is 0 Å². The lowest BCUT2D eigenvalue weighted by Gasteiger charge is -2.01. The summed E-state index contributed by atoms with van der Waals surface area (Å²) in [7, 11) is 0. The highest BCUT2D eigenvalue weighted by Gasteiger charge is 2.01. The molecule has 0 N–H and O–H groups in total. The molecule has 0 aliphatic carbocycles. The fourth-order valence-electron chi connectivity index (χ4n) is 1.41. The maximum absolute atomic E-state index is 11.5. The number of Topliss-reactive ketones (excluding diaryl/α,β-unsaturated/α-hetero) is 1. The van der Waals surface area contributed by atoms with Crippen molar-refractivity contribution in [1.82, 2.24) is 4.98 Å². The molecule has 1 aromatic heterocycles. The number of pyridine rings is 1. The quantitative estimate of drug-likeness (QED) is 0.471. The highest BCUT2D eigenvalue weighted by atomic mass is 32.2. The zero-order chi connectivity index (χ0) is 15.1. The van der Waals surface area contributed by atoms with E-state index in [4.69, 9.17) is 0 Å². The number of thioether (sulfide) groups is 1. The molecule has 1 rings (SSSR count). The first kappa shape index (κ1) is 18.9. The Morgan fingerprint density at radius 3 is 2.50 bits per heavy atom. The molecule has 112 valence electrons. The van der Waals surface area contributed by atoms with E-state index in [1.807, 2.05) is 18.2 Å². The van der Waals surface area contributed by atoms with Crippen molar-refractivity contribution >= 4 is 17.5 Å². The smallest absolute Gasteiger partial charge is 0.142 e. The van der Waals surface area contributed by atoms with Crippen molar-refractivity contribution in [3.8, 4) is 0 Å². The van der Waals surface area contributed by atoms with Crippen molar-refractivity contribution < 1.29 is 4.79 Å². The number of rotatable bonds is 9. The molecule has 0 fully saturated rings. The van der Waals surface area contributed by atoms with Gasteiger partial charge in [-0.25, -0.2) is 0 Å². The SMILES string of the molecule is C=CCC.CCCCCC(=O)CSCc1ccncc1. The second-order valence-corrected chi connectivity index (χ2v) is 5.53. The lowest BCUT2D eigenvalue weighted by atomic mass is 10.2. The molecule has 3 heteroatoms. The zero-order valence-corrected chi connectivity index (χ0v) is 13.6. The number of nitrogens with zero attached hydrogens (tertiary/aromatic N) is 1. The second-order valence-electron chi connectivity index (χ2n) is 4.54. The number of allylic oxidation sites excluding steroid dienone is 1. The third-order valence-electron chi connectivity index (χ3n) is 2.63. The van der Waals surface area contributed by atoms with Crippen LogP contribution in [-0.2, 0) is 10.5 Å². The molecular weight excluding hydrogens is 266 g/mol. The van der Waals surface area contributed by atoms with E-state index in [9.17, 15) is 4.79 Å². The Kier molecular flexibility index (Phi) is 13.5. The van der Waals surface area contributed by atoms with E-state index < -0.39 is 0 Å². The average molecular weight is 293 g/mol. The molecule has 0 atom stereocenters. The van der Waals surface area contributed by atoms with Gasteiger partial charge in [0.2, 0.25) is 0 Å². The largest absolute Gasteiger partial charge is 0.299 e. The van der Waals surface area contributed by atoms with Gasteiger partial charge in [0.15, 0.2) is 0 Å². The molecule has 0 aliphatic rings. The zero-order valence-electron chi connectivity index (χ0n) is 12.8. The van der Waals surface area contributed by atoms with Gasteiger partial charge in [-0.1, -0.05) is 32.8 Å². The first-order chi connectivity index (χ1) is 9.74. The van der Waals surface area contributed by atoms with Gasteiger partial charge in [0, 0.05) is 24.6 Å². The van der Waals surface area contributed by atoms with Crippen LogP contribution < -0.4 is 0 Å². The van der Waals surface area contributed by atoms with Crippen LogP contribution in [0.15, 0.2) is 37.2 Å². The van der Waals surface area contributed by atoms with Crippen LogP contribution in [0.5, 0.6) is 0 Å². The standard InChI is InChI=1S/C13H19NOS.C4H8/c1-2-3-4-5-13(15)11-16-10-12-6-8-14-9-7-12;1-3-4-2/h6-9H,2-5,10-11H2,1H3;3H,1,4H2,2H3. The van der Waals surface area contributed by atoms with Gasteiger partial charge in [-0.05, 0) is 30.5 Å². The second kappa shape index (κ2) is 14.3. The van der Waals surface area contributed by atoms with Crippen molar-refractivity contribution in [2.24, 2.45) is 0 Å². The number of ketones is 1. The molecule has 0 spiro atoms. The highest BCUT2D eigenvalue weighted by Crippen LogP contribution is 2.12. The molecule has 1 aromatic rings.